The number of rotatable bonds is 2. The van der Waals surface area contributed by atoms with Crippen LogP contribution in [-0.4, -0.2) is 50.3 Å². The minimum atomic E-state index is 1.26. The molecule has 0 saturated carbocycles. The van der Waals surface area contributed by atoms with Crippen molar-refractivity contribution in [1.29, 1.82) is 0 Å². The zero-order chi connectivity index (χ0) is 4.99. The monoisotopic (exact) mass is 281 g/mol. The zero-order valence-electron chi connectivity index (χ0n) is 4.31. The molecule has 0 unspecified atom stereocenters. The Kier molecular flexibility index (Phi) is 4.58. The number of nitrogens with zero attached hydrogens (tertiary/aromatic N) is 1. The number of hydrogen-bond acceptors (Lipinski definition) is 1. The van der Waals surface area contributed by atoms with Crippen LogP contribution in [0.15, 0.2) is 0 Å². The zero-order valence-corrected chi connectivity index (χ0v) is 7.79. The van der Waals surface area contributed by atoms with Crippen molar-refractivity contribution in [2.45, 2.75) is 4.13 Å². The van der Waals surface area contributed by atoms with Gasteiger partial charge in [-0.15, -0.1) is 0 Å². The van der Waals surface area contributed by atoms with Crippen molar-refractivity contribution >= 4 is 24.7 Å². The van der Waals surface area contributed by atoms with Crippen LogP contribution in [0.5, 0.6) is 0 Å². The summed E-state index contributed by atoms with van der Waals surface area (Å²) in [7, 11) is 4.21. The molecule has 0 aromatic rings. The van der Waals surface area contributed by atoms with Gasteiger partial charge in [-0.3, -0.25) is 0 Å². The summed E-state index contributed by atoms with van der Waals surface area (Å²) < 4.78 is 1.37. The Morgan fingerprint density at radius 1 is 1.50 bits per heavy atom. The van der Waals surface area contributed by atoms with Crippen LogP contribution >= 0.6 is 0 Å². The van der Waals surface area contributed by atoms with Crippen LogP contribution in [0.4, 0.5) is 0 Å². The molecule has 0 spiro atoms. The van der Waals surface area contributed by atoms with Crippen LogP contribution in [0.2, 0.25) is 4.13 Å². The van der Waals surface area contributed by atoms with E-state index in [0.717, 1.165) is 0 Å². The molecule has 1 nitrogen and oxygen atoms in total. The van der Waals surface area contributed by atoms with Gasteiger partial charge >= 0.3 is 54.4 Å². The predicted molar refractivity (Wildman–Crippen MR) is 29.1 cm³/mol. The van der Waals surface area contributed by atoms with Gasteiger partial charge in [0.2, 0.25) is 0 Å². The Morgan fingerprint density at radius 3 is 2.00 bits per heavy atom. The quantitative estimate of drug-likeness (QED) is 0.651. The second-order valence-corrected chi connectivity index (χ2v) is 3.27. The maximum absolute atomic E-state index is 2.21. The second kappa shape index (κ2) is 4.01. The standard InChI is InChI=1S/C4H10N.Bi/c1-4-5(2)3;/h1,4H2,2-3H3;. The van der Waals surface area contributed by atoms with E-state index in [-0.39, 0.29) is 0 Å². The summed E-state index contributed by atoms with van der Waals surface area (Å²) in [5.74, 6) is 0. The van der Waals surface area contributed by atoms with Gasteiger partial charge in [0, 0.05) is 0 Å². The number of hydrogen-bond donors (Lipinski definition) is 0. The van der Waals surface area contributed by atoms with Gasteiger partial charge in [0.05, 0.1) is 0 Å². The summed E-state index contributed by atoms with van der Waals surface area (Å²) in [6.45, 7) is 1.26. The summed E-state index contributed by atoms with van der Waals surface area (Å²) in [4.78, 5) is 2.21. The van der Waals surface area contributed by atoms with Crippen molar-refractivity contribution in [1.82, 2.24) is 4.90 Å². The summed E-state index contributed by atoms with van der Waals surface area (Å²) in [5.41, 5.74) is 0. The first-order chi connectivity index (χ1) is 2.77. The molecule has 0 aromatic carbocycles. The van der Waals surface area contributed by atoms with Crippen LogP contribution in [-0.2, 0) is 0 Å². The molecule has 0 aromatic heterocycles. The third-order valence-electron chi connectivity index (χ3n) is 0.547. The fraction of sp³-hybridized carbons (Fsp3) is 1.00. The van der Waals surface area contributed by atoms with Crippen molar-refractivity contribution in [3.05, 3.63) is 0 Å². The van der Waals surface area contributed by atoms with Gasteiger partial charge in [0.1, 0.15) is 0 Å². The van der Waals surface area contributed by atoms with E-state index in [4.69, 9.17) is 0 Å². The minimum absolute atomic E-state index is 1.26. The Hall–Kier alpha value is 0.843. The van der Waals surface area contributed by atoms with Gasteiger partial charge in [-0.05, 0) is 0 Å². The van der Waals surface area contributed by atoms with Gasteiger partial charge in [0.15, 0.2) is 0 Å². The van der Waals surface area contributed by atoms with Crippen LogP contribution in [0, 0.1) is 0 Å². The molecule has 0 aliphatic rings. The third kappa shape index (κ3) is 4.84. The molecule has 0 atom stereocenters. The van der Waals surface area contributed by atoms with Crippen molar-refractivity contribution in [3.63, 3.8) is 0 Å². The molecule has 0 amide bonds. The molecule has 0 bridgehead atoms. The molecule has 0 heterocycles. The van der Waals surface area contributed by atoms with E-state index < -0.39 is 0 Å². The molecule has 0 aliphatic heterocycles. The molecule has 6 heavy (non-hydrogen) atoms. The van der Waals surface area contributed by atoms with Gasteiger partial charge in [-0.2, -0.15) is 0 Å². The molecular weight excluding hydrogens is 271 g/mol. The normalized spacial score (nSPS) is 10.0. The van der Waals surface area contributed by atoms with Crippen molar-refractivity contribution < 1.29 is 0 Å². The summed E-state index contributed by atoms with van der Waals surface area (Å²) >= 11 is 1.51. The van der Waals surface area contributed by atoms with E-state index in [0.29, 0.717) is 0 Å². The molecule has 36 valence electrons. The summed E-state index contributed by atoms with van der Waals surface area (Å²) in [5, 5.41) is 0. The van der Waals surface area contributed by atoms with E-state index in [2.05, 4.69) is 19.0 Å². The maximum atomic E-state index is 2.21. The van der Waals surface area contributed by atoms with Crippen LogP contribution in [0.1, 0.15) is 0 Å². The van der Waals surface area contributed by atoms with E-state index >= 15 is 0 Å². The molecule has 2 heteroatoms. The van der Waals surface area contributed by atoms with Crippen molar-refractivity contribution in [3.8, 4) is 0 Å². The Bertz CT molecular complexity index is 28.7. The van der Waals surface area contributed by atoms with E-state index in [9.17, 15) is 0 Å². The molecular formula is C4H10BiN. The topological polar surface area (TPSA) is 3.24 Å². The Labute approximate surface area is 54.6 Å². The van der Waals surface area contributed by atoms with Gasteiger partial charge in [-0.25, -0.2) is 0 Å². The molecule has 2 radical (unpaired) electrons. The van der Waals surface area contributed by atoms with Crippen molar-refractivity contribution in [2.75, 3.05) is 20.6 Å². The summed E-state index contributed by atoms with van der Waals surface area (Å²) in [6.07, 6.45) is 0. The fourth-order valence-corrected chi connectivity index (χ4v) is 1.75. The average Bonchev–Trinajstić information content (AvgIpc) is 1.35. The summed E-state index contributed by atoms with van der Waals surface area (Å²) in [6, 6.07) is 0. The third-order valence-corrected chi connectivity index (χ3v) is 1.32. The van der Waals surface area contributed by atoms with Crippen LogP contribution < -0.4 is 0 Å². The van der Waals surface area contributed by atoms with Gasteiger partial charge < -0.3 is 0 Å². The van der Waals surface area contributed by atoms with Crippen molar-refractivity contribution in [2.24, 2.45) is 0 Å². The predicted octanol–water partition coefficient (Wildman–Crippen LogP) is 0.135. The van der Waals surface area contributed by atoms with Gasteiger partial charge in [-0.1, -0.05) is 0 Å². The van der Waals surface area contributed by atoms with Crippen LogP contribution in [0.25, 0.3) is 0 Å². The Balaban J connectivity index is 2.63. The molecule has 0 aliphatic carbocycles. The first-order valence-electron chi connectivity index (χ1n) is 2.03. The average molecular weight is 281 g/mol. The van der Waals surface area contributed by atoms with E-state index in [1.165, 1.54) is 35.4 Å². The Morgan fingerprint density at radius 2 is 2.00 bits per heavy atom. The fourth-order valence-electron chi connectivity index (χ4n) is 0.200. The molecule has 0 N–H and O–H groups in total. The first-order valence-corrected chi connectivity index (χ1v) is 4.49. The van der Waals surface area contributed by atoms with Crippen LogP contribution in [0.3, 0.4) is 0 Å². The van der Waals surface area contributed by atoms with Gasteiger partial charge in [0.25, 0.3) is 0 Å². The molecule has 0 rings (SSSR count). The van der Waals surface area contributed by atoms with E-state index in [1.807, 2.05) is 0 Å². The second-order valence-electron chi connectivity index (χ2n) is 1.53. The first kappa shape index (κ1) is 6.84. The molecule has 0 saturated heterocycles. The molecule has 0 fully saturated rings. The van der Waals surface area contributed by atoms with E-state index in [1.54, 1.807) is 0 Å². The SMILES string of the molecule is CN(C)C[CH2][Bi].